The quantitative estimate of drug-likeness (QED) is 0.157. The van der Waals surface area contributed by atoms with E-state index in [0.29, 0.717) is 25.4 Å². The first kappa shape index (κ1) is 25.9. The molecule has 13 heteroatoms. The van der Waals surface area contributed by atoms with E-state index in [-0.39, 0.29) is 18.7 Å². The second-order valence-corrected chi connectivity index (χ2v) is 9.76. The summed E-state index contributed by atoms with van der Waals surface area (Å²) in [6, 6.07) is 16.4. The van der Waals surface area contributed by atoms with Gasteiger partial charge in [-0.05, 0) is 42.4 Å². The molecule has 0 bridgehead atoms. The molecule has 0 unspecified atom stereocenters. The number of hydrazone groups is 1. The van der Waals surface area contributed by atoms with Crippen molar-refractivity contribution in [3.63, 3.8) is 0 Å². The molecule has 0 aliphatic carbocycles. The van der Waals surface area contributed by atoms with E-state index in [1.54, 1.807) is 25.1 Å². The molecule has 2 aromatic carbocycles. The molecule has 2 amide bonds. The summed E-state index contributed by atoms with van der Waals surface area (Å²) in [5, 5.41) is 18.1. The number of non-ortho nitro benzene ring substituents is 1. The molecule has 0 fully saturated rings. The predicted molar refractivity (Wildman–Crippen MR) is 139 cm³/mol. The van der Waals surface area contributed by atoms with Gasteiger partial charge in [-0.25, -0.2) is 15.2 Å². The number of fused-ring (bicyclic) bond motifs is 1. The largest absolute Gasteiger partial charge is 0.450 e. The van der Waals surface area contributed by atoms with Crippen LogP contribution in [0.5, 0.6) is 0 Å². The number of carbonyl (C=O) groups excluding carboxylic acids is 2. The van der Waals surface area contributed by atoms with Gasteiger partial charge in [0, 0.05) is 12.1 Å². The Morgan fingerprint density at radius 1 is 1.24 bits per heavy atom. The van der Waals surface area contributed by atoms with Crippen LogP contribution >= 0.6 is 23.1 Å². The maximum atomic E-state index is 12.5. The Hall–Kier alpha value is -4.23. The first-order valence-corrected chi connectivity index (χ1v) is 12.7. The number of nitro benzene ring substituents is 1. The highest BCUT2D eigenvalue weighted by atomic mass is 32.2. The number of hydrogen-bond acceptors (Lipinski definition) is 10. The van der Waals surface area contributed by atoms with Gasteiger partial charge in [0.1, 0.15) is 5.76 Å². The number of nitro groups is 1. The SMILES string of the molecule is CCOC(=O)N[C@H](CC(=O)N/N=C\c1ccc(Sc2nc3ccc([N+](=O)[O-])cc3s2)o1)c1ccccc1. The van der Waals surface area contributed by atoms with E-state index in [4.69, 9.17) is 9.15 Å². The fourth-order valence-electron chi connectivity index (χ4n) is 3.25. The highest BCUT2D eigenvalue weighted by molar-refractivity contribution is 8.01. The molecule has 2 aromatic heterocycles. The standard InChI is InChI=1S/C24H21N5O6S2/c1-2-34-23(31)26-19(15-6-4-3-5-7-15)13-21(30)28-25-14-17-9-11-22(35-17)37-24-27-18-10-8-16(29(32)33)12-20(18)36-24/h3-12,14,19H,2,13H2,1H3,(H,26,31)(H,28,30)/b25-14-/t19-/m1/s1. The molecule has 0 radical (unpaired) electrons. The molecule has 4 rings (SSSR count). The zero-order valence-corrected chi connectivity index (χ0v) is 21.1. The van der Waals surface area contributed by atoms with Crippen molar-refractivity contribution in [2.75, 3.05) is 6.61 Å². The third kappa shape index (κ3) is 7.15. The van der Waals surface area contributed by atoms with Gasteiger partial charge in [-0.2, -0.15) is 5.10 Å². The van der Waals surface area contributed by atoms with Crippen LogP contribution < -0.4 is 10.7 Å². The molecular weight excluding hydrogens is 518 g/mol. The lowest BCUT2D eigenvalue weighted by Gasteiger charge is -2.17. The zero-order chi connectivity index (χ0) is 26.2. The van der Waals surface area contributed by atoms with E-state index in [1.165, 1.54) is 41.4 Å². The summed E-state index contributed by atoms with van der Waals surface area (Å²) in [5.74, 6) is -0.00423. The van der Waals surface area contributed by atoms with Gasteiger partial charge in [0.15, 0.2) is 9.43 Å². The third-order valence-electron chi connectivity index (χ3n) is 4.89. The number of alkyl carbamates (subject to hydrolysis) is 1. The molecule has 2 N–H and O–H groups in total. The van der Waals surface area contributed by atoms with Gasteiger partial charge in [0.05, 0.1) is 40.4 Å². The predicted octanol–water partition coefficient (Wildman–Crippen LogP) is 5.28. The second kappa shape index (κ2) is 12.1. The number of furan rings is 1. The van der Waals surface area contributed by atoms with Crippen LogP contribution in [0.2, 0.25) is 0 Å². The van der Waals surface area contributed by atoms with Crippen LogP contribution in [-0.4, -0.2) is 34.7 Å². The Morgan fingerprint density at radius 2 is 2.05 bits per heavy atom. The smallest absolute Gasteiger partial charge is 0.407 e. The molecule has 4 aromatic rings. The van der Waals surface area contributed by atoms with Gasteiger partial charge in [-0.3, -0.25) is 14.9 Å². The average Bonchev–Trinajstić information content (AvgIpc) is 3.50. The van der Waals surface area contributed by atoms with Crippen LogP contribution in [0.15, 0.2) is 79.6 Å². The Bertz CT molecular complexity index is 1440. The average molecular weight is 540 g/mol. The summed E-state index contributed by atoms with van der Waals surface area (Å²) in [7, 11) is 0. The van der Waals surface area contributed by atoms with Gasteiger partial charge in [-0.15, -0.1) is 11.3 Å². The van der Waals surface area contributed by atoms with E-state index in [0.717, 1.165) is 5.56 Å². The highest BCUT2D eigenvalue weighted by Gasteiger charge is 2.19. The van der Waals surface area contributed by atoms with Crippen molar-refractivity contribution >= 4 is 57.2 Å². The molecule has 11 nitrogen and oxygen atoms in total. The van der Waals surface area contributed by atoms with E-state index < -0.39 is 23.0 Å². The highest BCUT2D eigenvalue weighted by Crippen LogP contribution is 2.36. The van der Waals surface area contributed by atoms with Crippen molar-refractivity contribution in [3.05, 3.63) is 82.1 Å². The van der Waals surface area contributed by atoms with Gasteiger partial charge in [0.2, 0.25) is 5.91 Å². The van der Waals surface area contributed by atoms with Crippen molar-refractivity contribution in [2.45, 2.75) is 28.8 Å². The molecule has 0 saturated heterocycles. The monoisotopic (exact) mass is 539 g/mol. The van der Waals surface area contributed by atoms with Gasteiger partial charge >= 0.3 is 6.09 Å². The number of nitrogens with zero attached hydrogens (tertiary/aromatic N) is 3. The molecule has 0 saturated carbocycles. The van der Waals surface area contributed by atoms with Gasteiger partial charge in [-0.1, -0.05) is 30.3 Å². The molecule has 37 heavy (non-hydrogen) atoms. The Morgan fingerprint density at radius 3 is 2.81 bits per heavy atom. The lowest BCUT2D eigenvalue weighted by atomic mass is 10.0. The number of aromatic nitrogens is 1. The summed E-state index contributed by atoms with van der Waals surface area (Å²) in [5.41, 5.74) is 3.87. The van der Waals surface area contributed by atoms with Gasteiger partial charge in [0.25, 0.3) is 5.69 Å². The number of nitrogens with one attached hydrogen (secondary N) is 2. The maximum absolute atomic E-state index is 12.5. The number of rotatable bonds is 10. The van der Waals surface area contributed by atoms with Crippen molar-refractivity contribution in [3.8, 4) is 0 Å². The fourth-order valence-corrected chi connectivity index (χ4v) is 5.25. The van der Waals surface area contributed by atoms with Crippen LogP contribution in [0.25, 0.3) is 10.2 Å². The lowest BCUT2D eigenvalue weighted by Crippen LogP contribution is -2.33. The van der Waals surface area contributed by atoms with E-state index >= 15 is 0 Å². The van der Waals surface area contributed by atoms with E-state index in [1.807, 2.05) is 30.3 Å². The minimum absolute atomic E-state index is 0.0120. The van der Waals surface area contributed by atoms with Crippen molar-refractivity contribution in [2.24, 2.45) is 5.10 Å². The van der Waals surface area contributed by atoms with Crippen LogP contribution in [0.3, 0.4) is 0 Å². The first-order chi connectivity index (χ1) is 17.9. The molecule has 0 aliphatic heterocycles. The molecular formula is C24H21N5O6S2. The van der Waals surface area contributed by atoms with Crippen molar-refractivity contribution in [1.82, 2.24) is 15.7 Å². The number of carbonyl (C=O) groups is 2. The Kier molecular flexibility index (Phi) is 8.48. The second-order valence-electron chi connectivity index (χ2n) is 7.47. The molecule has 0 aliphatic rings. The molecule has 1 atom stereocenters. The van der Waals surface area contributed by atoms with Crippen LogP contribution in [0.1, 0.15) is 30.7 Å². The maximum Gasteiger partial charge on any atom is 0.407 e. The third-order valence-corrected chi connectivity index (χ3v) is 6.89. The molecule has 190 valence electrons. The number of hydrogen-bond donors (Lipinski definition) is 2. The number of benzene rings is 2. The topological polar surface area (TPSA) is 149 Å². The van der Waals surface area contributed by atoms with Crippen molar-refractivity contribution in [1.29, 1.82) is 0 Å². The summed E-state index contributed by atoms with van der Waals surface area (Å²) < 4.78 is 12.0. The normalized spacial score (nSPS) is 11.9. The van der Waals surface area contributed by atoms with E-state index in [9.17, 15) is 19.7 Å². The Balaban J connectivity index is 1.34. The van der Waals surface area contributed by atoms with Crippen LogP contribution in [0, 0.1) is 10.1 Å². The summed E-state index contributed by atoms with van der Waals surface area (Å²) in [6.45, 7) is 1.92. The summed E-state index contributed by atoms with van der Waals surface area (Å²) in [4.78, 5) is 39.3. The van der Waals surface area contributed by atoms with Crippen LogP contribution in [0.4, 0.5) is 10.5 Å². The first-order valence-electron chi connectivity index (χ1n) is 11.0. The zero-order valence-electron chi connectivity index (χ0n) is 19.5. The van der Waals surface area contributed by atoms with E-state index in [2.05, 4.69) is 20.8 Å². The number of ether oxygens (including phenoxy) is 1. The van der Waals surface area contributed by atoms with Gasteiger partial charge < -0.3 is 14.5 Å². The number of amides is 2. The number of thiazole rings is 1. The molecule has 2 heterocycles. The summed E-state index contributed by atoms with van der Waals surface area (Å²) >= 11 is 2.60. The fraction of sp³-hybridized carbons (Fsp3) is 0.167. The summed E-state index contributed by atoms with van der Waals surface area (Å²) in [6.07, 6.45) is 0.703. The minimum Gasteiger partial charge on any atom is -0.450 e. The van der Waals surface area contributed by atoms with Crippen molar-refractivity contribution < 1.29 is 23.7 Å². The Labute approximate surface area is 219 Å². The lowest BCUT2D eigenvalue weighted by molar-refractivity contribution is -0.384. The van der Waals surface area contributed by atoms with Crippen LogP contribution in [-0.2, 0) is 9.53 Å². The minimum atomic E-state index is -0.611. The molecule has 0 spiro atoms.